The van der Waals surface area contributed by atoms with Gasteiger partial charge in [-0.3, -0.25) is 0 Å². The molecule has 2 aromatic carbocycles. The van der Waals surface area contributed by atoms with Crippen LogP contribution in [0.5, 0.6) is 5.75 Å². The molecule has 0 spiro atoms. The fraction of sp³-hybridized carbons (Fsp3) is 0.167. The number of esters is 2. The zero-order chi connectivity index (χ0) is 21.6. The molecule has 0 saturated carbocycles. The molecule has 2 rings (SSSR count). The van der Waals surface area contributed by atoms with Crippen LogP contribution < -0.4 is 15.4 Å². The molecule has 2 N–H and O–H groups in total. The van der Waals surface area contributed by atoms with E-state index in [1.807, 2.05) is 0 Å². The second kappa shape index (κ2) is 9.24. The van der Waals surface area contributed by atoms with E-state index in [1.165, 1.54) is 44.6 Å². The van der Waals surface area contributed by atoms with Gasteiger partial charge in [0.15, 0.2) is 5.11 Å². The Balaban J connectivity index is 2.13. The van der Waals surface area contributed by atoms with Gasteiger partial charge in [0.1, 0.15) is 5.75 Å². The van der Waals surface area contributed by atoms with Crippen LogP contribution in [0.15, 0.2) is 42.5 Å². The summed E-state index contributed by atoms with van der Waals surface area (Å²) in [6, 6.07) is 9.02. The number of thiocarbonyl (C=S) groups is 1. The fourth-order valence-corrected chi connectivity index (χ4v) is 2.44. The fourth-order valence-electron chi connectivity index (χ4n) is 2.20. The summed E-state index contributed by atoms with van der Waals surface area (Å²) in [4.78, 5) is 23.6. The van der Waals surface area contributed by atoms with Crippen LogP contribution in [0.4, 0.5) is 24.5 Å². The smallest absolute Gasteiger partial charge is 0.465 e. The molecule has 0 aliphatic heterocycles. The van der Waals surface area contributed by atoms with Crippen LogP contribution in [-0.2, 0) is 9.47 Å². The molecule has 0 amide bonds. The van der Waals surface area contributed by atoms with Crippen LogP contribution in [0.1, 0.15) is 20.7 Å². The molecule has 11 heteroatoms. The summed E-state index contributed by atoms with van der Waals surface area (Å²) >= 11 is 5.15. The number of anilines is 2. The molecule has 0 fully saturated rings. The van der Waals surface area contributed by atoms with Crippen molar-refractivity contribution in [2.24, 2.45) is 0 Å². The van der Waals surface area contributed by atoms with Crippen LogP contribution in [0.3, 0.4) is 0 Å². The van der Waals surface area contributed by atoms with Crippen molar-refractivity contribution in [3.05, 3.63) is 53.6 Å². The average molecular weight is 428 g/mol. The Bertz CT molecular complexity index is 882. The Labute approximate surface area is 168 Å². The number of ether oxygens (including phenoxy) is 3. The summed E-state index contributed by atoms with van der Waals surface area (Å²) in [5.74, 6) is -1.72. The number of carbonyl (C=O) groups excluding carboxylic acids is 2. The first-order chi connectivity index (χ1) is 13.6. The van der Waals surface area contributed by atoms with E-state index in [4.69, 9.17) is 12.2 Å². The molecule has 0 aromatic heterocycles. The second-order valence-electron chi connectivity index (χ2n) is 5.43. The standard InChI is InChI=1S/C18H15F3N2O5S/c1-26-15(24)10-7-11(16(25)27-2)9-13(8-10)23-17(29)22-12-3-5-14(6-4-12)28-18(19,20)21/h3-9H,1-2H3,(H2,22,23,29). The van der Waals surface area contributed by atoms with Crippen LogP contribution in [0, 0.1) is 0 Å². The normalized spacial score (nSPS) is 10.7. The van der Waals surface area contributed by atoms with Gasteiger partial charge in [0.05, 0.1) is 25.3 Å². The molecular formula is C18H15F3N2O5S. The maximum Gasteiger partial charge on any atom is 0.573 e. The lowest BCUT2D eigenvalue weighted by Gasteiger charge is -2.13. The molecule has 0 aliphatic rings. The van der Waals surface area contributed by atoms with Crippen molar-refractivity contribution in [3.63, 3.8) is 0 Å². The Morgan fingerprint density at radius 1 is 0.862 bits per heavy atom. The van der Waals surface area contributed by atoms with Gasteiger partial charge in [0, 0.05) is 11.4 Å². The van der Waals surface area contributed by atoms with Gasteiger partial charge in [0.2, 0.25) is 0 Å². The molecule has 2 aromatic rings. The van der Waals surface area contributed by atoms with E-state index in [2.05, 4.69) is 24.8 Å². The maximum atomic E-state index is 12.2. The molecular weight excluding hydrogens is 413 g/mol. The summed E-state index contributed by atoms with van der Waals surface area (Å²) < 4.78 is 49.6. The van der Waals surface area contributed by atoms with Gasteiger partial charge < -0.3 is 24.8 Å². The lowest BCUT2D eigenvalue weighted by molar-refractivity contribution is -0.274. The highest BCUT2D eigenvalue weighted by molar-refractivity contribution is 7.80. The van der Waals surface area contributed by atoms with Crippen molar-refractivity contribution >= 4 is 40.6 Å². The van der Waals surface area contributed by atoms with Gasteiger partial charge in [-0.05, 0) is 54.7 Å². The predicted octanol–water partition coefficient (Wildman–Crippen LogP) is 3.97. The Hall–Kier alpha value is -3.34. The molecule has 0 saturated heterocycles. The Kier molecular flexibility index (Phi) is 6.99. The van der Waals surface area contributed by atoms with Gasteiger partial charge in [-0.1, -0.05) is 0 Å². The van der Waals surface area contributed by atoms with Gasteiger partial charge in [-0.15, -0.1) is 13.2 Å². The largest absolute Gasteiger partial charge is 0.573 e. The van der Waals surface area contributed by atoms with E-state index in [0.29, 0.717) is 11.4 Å². The van der Waals surface area contributed by atoms with Crippen LogP contribution in [0.25, 0.3) is 0 Å². The van der Waals surface area contributed by atoms with E-state index in [9.17, 15) is 22.8 Å². The third-order valence-corrected chi connectivity index (χ3v) is 3.58. The highest BCUT2D eigenvalue weighted by Gasteiger charge is 2.30. The van der Waals surface area contributed by atoms with Gasteiger partial charge in [0.25, 0.3) is 0 Å². The number of hydrogen-bond donors (Lipinski definition) is 2. The zero-order valence-electron chi connectivity index (χ0n) is 15.1. The molecule has 0 aliphatic carbocycles. The molecule has 0 atom stereocenters. The molecule has 29 heavy (non-hydrogen) atoms. The zero-order valence-corrected chi connectivity index (χ0v) is 15.9. The third kappa shape index (κ3) is 6.64. The minimum atomic E-state index is -4.78. The molecule has 0 heterocycles. The molecule has 0 radical (unpaired) electrons. The van der Waals surface area contributed by atoms with Crippen molar-refractivity contribution < 1.29 is 37.0 Å². The van der Waals surface area contributed by atoms with E-state index >= 15 is 0 Å². The number of rotatable bonds is 5. The minimum Gasteiger partial charge on any atom is -0.465 e. The summed E-state index contributed by atoms with van der Waals surface area (Å²) in [5, 5.41) is 5.59. The number of hydrogen-bond acceptors (Lipinski definition) is 6. The second-order valence-corrected chi connectivity index (χ2v) is 5.84. The maximum absolute atomic E-state index is 12.2. The topological polar surface area (TPSA) is 85.9 Å². The van der Waals surface area contributed by atoms with Crippen molar-refractivity contribution in [3.8, 4) is 5.75 Å². The van der Waals surface area contributed by atoms with Gasteiger partial charge in [-0.25, -0.2) is 9.59 Å². The summed E-state index contributed by atoms with van der Waals surface area (Å²) in [5.41, 5.74) is 0.862. The average Bonchev–Trinajstić information content (AvgIpc) is 2.66. The number of carbonyl (C=O) groups is 2. The third-order valence-electron chi connectivity index (χ3n) is 3.38. The lowest BCUT2D eigenvalue weighted by Crippen LogP contribution is -2.20. The SMILES string of the molecule is COC(=O)c1cc(NC(=S)Nc2ccc(OC(F)(F)F)cc2)cc(C(=O)OC)c1. The number of nitrogens with one attached hydrogen (secondary N) is 2. The molecule has 7 nitrogen and oxygen atoms in total. The highest BCUT2D eigenvalue weighted by atomic mass is 32.1. The molecule has 154 valence electrons. The van der Waals surface area contributed by atoms with E-state index < -0.39 is 18.3 Å². The summed E-state index contributed by atoms with van der Waals surface area (Å²) in [6.45, 7) is 0. The molecule has 0 bridgehead atoms. The minimum absolute atomic E-state index is 0.0623. The predicted molar refractivity (Wildman–Crippen MR) is 102 cm³/mol. The first kappa shape index (κ1) is 22.0. The lowest BCUT2D eigenvalue weighted by atomic mass is 10.1. The van der Waals surface area contributed by atoms with E-state index in [-0.39, 0.29) is 22.0 Å². The first-order valence-electron chi connectivity index (χ1n) is 7.87. The van der Waals surface area contributed by atoms with Gasteiger partial charge in [-0.2, -0.15) is 0 Å². The highest BCUT2D eigenvalue weighted by Crippen LogP contribution is 2.24. The first-order valence-corrected chi connectivity index (χ1v) is 8.27. The van der Waals surface area contributed by atoms with E-state index in [1.54, 1.807) is 0 Å². The van der Waals surface area contributed by atoms with Crippen molar-refractivity contribution in [2.75, 3.05) is 24.9 Å². The van der Waals surface area contributed by atoms with Gasteiger partial charge >= 0.3 is 18.3 Å². The van der Waals surface area contributed by atoms with E-state index in [0.717, 1.165) is 12.1 Å². The van der Waals surface area contributed by atoms with Crippen molar-refractivity contribution in [1.82, 2.24) is 0 Å². The Morgan fingerprint density at radius 2 is 1.34 bits per heavy atom. The van der Waals surface area contributed by atoms with Crippen molar-refractivity contribution in [1.29, 1.82) is 0 Å². The number of alkyl halides is 3. The van der Waals surface area contributed by atoms with Crippen molar-refractivity contribution in [2.45, 2.75) is 6.36 Å². The summed E-state index contributed by atoms with van der Waals surface area (Å²) in [6.07, 6.45) is -4.78. The van der Waals surface area contributed by atoms with Crippen LogP contribution >= 0.6 is 12.2 Å². The number of methoxy groups -OCH3 is 2. The molecule has 0 unspecified atom stereocenters. The summed E-state index contributed by atoms with van der Waals surface area (Å²) in [7, 11) is 2.39. The monoisotopic (exact) mass is 428 g/mol. The number of halogens is 3. The Morgan fingerprint density at radius 3 is 1.79 bits per heavy atom. The van der Waals surface area contributed by atoms with Crippen LogP contribution in [0.2, 0.25) is 0 Å². The number of benzene rings is 2. The van der Waals surface area contributed by atoms with Crippen LogP contribution in [-0.4, -0.2) is 37.6 Å². The quantitative estimate of drug-likeness (QED) is 0.547.